The highest BCUT2D eigenvalue weighted by atomic mass is 19.1. The number of pyridine rings is 1. The number of aryl methyl sites for hydroxylation is 1. The van der Waals surface area contributed by atoms with E-state index in [1.807, 2.05) is 11.8 Å². The lowest BCUT2D eigenvalue weighted by Gasteiger charge is -2.32. The molecular formula is C24H31FN4O2. The van der Waals surface area contributed by atoms with Crippen molar-refractivity contribution >= 4 is 11.6 Å². The average molecular weight is 427 g/mol. The normalized spacial score (nSPS) is 20.7. The van der Waals surface area contributed by atoms with Gasteiger partial charge in [0.15, 0.2) is 0 Å². The molecule has 4 rings (SSSR count). The molecule has 1 saturated heterocycles. The van der Waals surface area contributed by atoms with Crippen LogP contribution in [0.5, 0.6) is 0 Å². The Bertz CT molecular complexity index is 1060. The van der Waals surface area contributed by atoms with E-state index >= 15 is 0 Å². The van der Waals surface area contributed by atoms with Crippen LogP contribution in [0, 0.1) is 12.7 Å². The topological polar surface area (TPSA) is 57.6 Å². The highest BCUT2D eigenvalue weighted by molar-refractivity contribution is 5.97. The molecule has 2 aliphatic rings. The molecule has 1 aromatic carbocycles. The number of rotatable bonds is 4. The maximum atomic E-state index is 13.5. The molecule has 1 N–H and O–H groups in total. The molecule has 1 fully saturated rings. The zero-order valence-corrected chi connectivity index (χ0v) is 18.7. The zero-order valence-electron chi connectivity index (χ0n) is 18.7. The number of fused-ring (bicyclic) bond motifs is 1. The van der Waals surface area contributed by atoms with E-state index in [9.17, 15) is 14.0 Å². The number of halogens is 1. The Morgan fingerprint density at radius 1 is 1.29 bits per heavy atom. The second-order valence-corrected chi connectivity index (χ2v) is 9.56. The maximum absolute atomic E-state index is 13.5. The first-order valence-electron chi connectivity index (χ1n) is 10.9. The van der Waals surface area contributed by atoms with Gasteiger partial charge in [0.2, 0.25) is 5.91 Å². The third-order valence-electron chi connectivity index (χ3n) is 6.44. The van der Waals surface area contributed by atoms with E-state index in [2.05, 4.69) is 31.0 Å². The lowest BCUT2D eigenvalue weighted by molar-refractivity contribution is -0.120. The van der Waals surface area contributed by atoms with Crippen LogP contribution >= 0.6 is 0 Å². The number of hydrogen-bond donors (Lipinski definition) is 1. The minimum atomic E-state index is -0.289. The summed E-state index contributed by atoms with van der Waals surface area (Å²) in [5, 5.41) is 3.40. The summed E-state index contributed by atoms with van der Waals surface area (Å²) in [5.41, 5.74) is 3.00. The minimum Gasteiger partial charge on any atom is -0.312 e. The molecule has 1 aromatic heterocycles. The molecule has 0 bridgehead atoms. The van der Waals surface area contributed by atoms with Crippen molar-refractivity contribution in [3.63, 3.8) is 0 Å². The van der Waals surface area contributed by atoms with Gasteiger partial charge in [-0.05, 0) is 42.7 Å². The van der Waals surface area contributed by atoms with Gasteiger partial charge in [-0.25, -0.2) is 4.39 Å². The fourth-order valence-electron chi connectivity index (χ4n) is 4.68. The van der Waals surface area contributed by atoms with Gasteiger partial charge in [-0.15, -0.1) is 0 Å². The lowest BCUT2D eigenvalue weighted by atomic mass is 9.87. The van der Waals surface area contributed by atoms with Gasteiger partial charge < -0.3 is 14.8 Å². The first kappa shape index (κ1) is 21.7. The van der Waals surface area contributed by atoms with Crippen molar-refractivity contribution in [2.24, 2.45) is 0 Å². The summed E-state index contributed by atoms with van der Waals surface area (Å²) in [6.45, 7) is 12.0. The third-order valence-corrected chi connectivity index (χ3v) is 6.44. The molecular weight excluding hydrogens is 395 g/mol. The van der Waals surface area contributed by atoms with Gasteiger partial charge in [-0.2, -0.15) is 0 Å². The first-order valence-corrected chi connectivity index (χ1v) is 10.9. The third kappa shape index (κ3) is 4.43. The minimum absolute atomic E-state index is 0.0593. The molecule has 6 nitrogen and oxygen atoms in total. The number of hydrogen-bond acceptors (Lipinski definition) is 4. The van der Waals surface area contributed by atoms with E-state index in [1.54, 1.807) is 22.9 Å². The Morgan fingerprint density at radius 3 is 2.77 bits per heavy atom. The number of carbonyl (C=O) groups is 1. The summed E-state index contributed by atoms with van der Waals surface area (Å²) in [4.78, 5) is 30.1. The van der Waals surface area contributed by atoms with Crippen LogP contribution in [0.2, 0.25) is 0 Å². The molecule has 31 heavy (non-hydrogen) atoms. The van der Waals surface area contributed by atoms with E-state index in [1.165, 1.54) is 12.1 Å². The Balaban J connectivity index is 1.63. The van der Waals surface area contributed by atoms with Crippen molar-refractivity contribution in [1.82, 2.24) is 14.8 Å². The SMILES string of the molecule is Cc1cc(F)ccc1Cn1cc2c(cc1=O)C(C)(C)CN2C(=O)CN1CCN[C@H](C)C1. The second kappa shape index (κ2) is 8.20. The summed E-state index contributed by atoms with van der Waals surface area (Å²) >= 11 is 0. The number of anilines is 1. The van der Waals surface area contributed by atoms with E-state index < -0.39 is 0 Å². The Labute approximate surface area is 182 Å². The quantitative estimate of drug-likeness (QED) is 0.815. The molecule has 0 unspecified atom stereocenters. The lowest BCUT2D eigenvalue weighted by Crippen LogP contribution is -2.52. The molecule has 2 aliphatic heterocycles. The monoisotopic (exact) mass is 426 g/mol. The Morgan fingerprint density at radius 2 is 2.06 bits per heavy atom. The smallest absolute Gasteiger partial charge is 0.251 e. The number of nitrogens with one attached hydrogen (secondary N) is 1. The van der Waals surface area contributed by atoms with Gasteiger partial charge in [0.1, 0.15) is 5.82 Å². The summed E-state index contributed by atoms with van der Waals surface area (Å²) in [5.74, 6) is -0.229. The van der Waals surface area contributed by atoms with Crippen molar-refractivity contribution in [2.75, 3.05) is 37.6 Å². The fraction of sp³-hybridized carbons (Fsp3) is 0.500. The summed E-state index contributed by atoms with van der Waals surface area (Å²) in [7, 11) is 0. The standard InChI is InChI=1S/C24H31FN4O2/c1-16-9-19(25)6-5-18(16)12-28-13-21-20(10-22(28)30)24(3,4)15-29(21)23(31)14-27-8-7-26-17(2)11-27/h5-6,9-10,13,17,26H,7-8,11-12,14-15H2,1-4H3/t17-/m1/s1. The van der Waals surface area contributed by atoms with Gasteiger partial charge in [0, 0.05) is 49.9 Å². The summed E-state index contributed by atoms with van der Waals surface area (Å²) in [6, 6.07) is 6.62. The Kier molecular flexibility index (Phi) is 5.75. The summed E-state index contributed by atoms with van der Waals surface area (Å²) < 4.78 is 15.1. The predicted octanol–water partition coefficient (Wildman–Crippen LogP) is 2.26. The molecule has 166 valence electrons. The van der Waals surface area contributed by atoms with Crippen molar-refractivity contribution in [3.05, 3.63) is 63.3 Å². The number of amides is 1. The van der Waals surface area contributed by atoms with E-state index in [4.69, 9.17) is 0 Å². The first-order chi connectivity index (χ1) is 14.6. The number of aromatic nitrogens is 1. The van der Waals surface area contributed by atoms with Crippen LogP contribution in [0.3, 0.4) is 0 Å². The second-order valence-electron chi connectivity index (χ2n) is 9.56. The number of nitrogens with zero attached hydrogens (tertiary/aromatic N) is 3. The zero-order chi connectivity index (χ0) is 22.3. The highest BCUT2D eigenvalue weighted by Gasteiger charge is 2.39. The van der Waals surface area contributed by atoms with Gasteiger partial charge in [-0.3, -0.25) is 14.5 Å². The molecule has 2 aromatic rings. The van der Waals surface area contributed by atoms with E-state index in [0.29, 0.717) is 25.7 Å². The van der Waals surface area contributed by atoms with Crippen molar-refractivity contribution < 1.29 is 9.18 Å². The molecule has 0 spiro atoms. The van der Waals surface area contributed by atoms with Crippen LogP contribution in [0.4, 0.5) is 10.1 Å². The fourth-order valence-corrected chi connectivity index (χ4v) is 4.68. The van der Waals surface area contributed by atoms with Crippen LogP contribution in [-0.4, -0.2) is 54.1 Å². The van der Waals surface area contributed by atoms with Crippen molar-refractivity contribution in [1.29, 1.82) is 0 Å². The number of benzene rings is 1. The largest absolute Gasteiger partial charge is 0.312 e. The van der Waals surface area contributed by atoms with Crippen molar-refractivity contribution in [3.8, 4) is 0 Å². The van der Waals surface area contributed by atoms with Gasteiger partial charge in [0.05, 0.1) is 18.8 Å². The van der Waals surface area contributed by atoms with Gasteiger partial charge in [-0.1, -0.05) is 19.9 Å². The molecule has 3 heterocycles. The average Bonchev–Trinajstić information content (AvgIpc) is 2.95. The Hall–Kier alpha value is -2.51. The maximum Gasteiger partial charge on any atom is 0.251 e. The molecule has 7 heteroatoms. The molecule has 0 aliphatic carbocycles. The molecule has 0 saturated carbocycles. The molecule has 1 amide bonds. The van der Waals surface area contributed by atoms with Crippen molar-refractivity contribution in [2.45, 2.75) is 45.7 Å². The van der Waals surface area contributed by atoms with Crippen LogP contribution in [-0.2, 0) is 16.8 Å². The van der Waals surface area contributed by atoms with Gasteiger partial charge in [0.25, 0.3) is 5.56 Å². The van der Waals surface area contributed by atoms with Crippen LogP contribution in [0.1, 0.15) is 37.5 Å². The molecule has 0 radical (unpaired) electrons. The highest BCUT2D eigenvalue weighted by Crippen LogP contribution is 2.39. The molecule has 1 atom stereocenters. The van der Waals surface area contributed by atoms with Crippen LogP contribution in [0.25, 0.3) is 0 Å². The van der Waals surface area contributed by atoms with E-state index in [0.717, 1.165) is 42.0 Å². The number of carbonyl (C=O) groups excluding carboxylic acids is 1. The summed E-state index contributed by atoms with van der Waals surface area (Å²) in [6.07, 6.45) is 1.80. The van der Waals surface area contributed by atoms with Crippen LogP contribution < -0.4 is 15.8 Å². The number of piperazine rings is 1. The van der Waals surface area contributed by atoms with Gasteiger partial charge >= 0.3 is 0 Å². The predicted molar refractivity (Wildman–Crippen MR) is 120 cm³/mol. The van der Waals surface area contributed by atoms with E-state index in [-0.39, 0.29) is 22.7 Å². The van der Waals surface area contributed by atoms with Crippen LogP contribution in [0.15, 0.2) is 35.3 Å².